The van der Waals surface area contributed by atoms with Gasteiger partial charge in [0, 0.05) is 29.8 Å². The van der Waals surface area contributed by atoms with Gasteiger partial charge in [0.15, 0.2) is 0 Å². The molecule has 2 unspecified atom stereocenters. The molecule has 0 amide bonds. The number of benzene rings is 2. The Hall–Kier alpha value is -3.59. The molecule has 4 aliphatic rings. The maximum absolute atomic E-state index is 17.0. The van der Waals surface area contributed by atoms with Crippen LogP contribution in [0.5, 0.6) is 6.01 Å². The Labute approximate surface area is 285 Å². The summed E-state index contributed by atoms with van der Waals surface area (Å²) in [6, 6.07) is 6.54. The SMILES string of the molecule is C#Cc1c(F)ccc2cc(N)cc(-c3ncc4c(N5CC6CCC(COC)(C5)N6)nc(OCC5(CN6CC[Se]CC6)CC5)nc4c3F)c12. The summed E-state index contributed by atoms with van der Waals surface area (Å²) in [7, 11) is 1.71. The van der Waals surface area contributed by atoms with E-state index >= 15 is 4.39 Å². The Kier molecular flexibility index (Phi) is 8.17. The minimum Gasteiger partial charge on any atom is 0.00995 e. The molecule has 48 heavy (non-hydrogen) atoms. The summed E-state index contributed by atoms with van der Waals surface area (Å²) in [4.78, 5) is 19.0. The number of nitrogens with one attached hydrogen (secondary N) is 1. The molecule has 2 aromatic carbocycles. The van der Waals surface area contributed by atoms with Gasteiger partial charge in [-0.2, -0.15) is 0 Å². The third-order valence-corrected chi connectivity index (χ3v) is 12.4. The zero-order valence-corrected chi connectivity index (χ0v) is 28.7. The summed E-state index contributed by atoms with van der Waals surface area (Å²) in [5, 5.41) is 7.78. The van der Waals surface area contributed by atoms with E-state index < -0.39 is 11.6 Å². The number of nitrogens with two attached hydrogens (primary N) is 1. The van der Waals surface area contributed by atoms with Crippen LogP contribution in [0, 0.1) is 29.4 Å². The van der Waals surface area contributed by atoms with Crippen molar-refractivity contribution in [1.82, 2.24) is 25.2 Å². The van der Waals surface area contributed by atoms with E-state index in [0.717, 1.165) is 60.3 Å². The van der Waals surface area contributed by atoms with Gasteiger partial charge in [0.25, 0.3) is 0 Å². The van der Waals surface area contributed by atoms with Crippen LogP contribution in [-0.2, 0) is 4.74 Å². The van der Waals surface area contributed by atoms with Gasteiger partial charge in [-0.15, -0.1) is 6.42 Å². The predicted molar refractivity (Wildman–Crippen MR) is 184 cm³/mol. The first kappa shape index (κ1) is 31.7. The average Bonchev–Trinajstić information content (AvgIpc) is 3.79. The zero-order chi connectivity index (χ0) is 33.0. The number of hydrogen-bond acceptors (Lipinski definition) is 9. The molecule has 8 rings (SSSR count). The number of piperazine rings is 1. The van der Waals surface area contributed by atoms with Gasteiger partial charge in [-0.3, -0.25) is 4.98 Å². The molecule has 1 saturated carbocycles. The summed E-state index contributed by atoms with van der Waals surface area (Å²) in [6.07, 6.45) is 11.5. The summed E-state index contributed by atoms with van der Waals surface area (Å²) < 4.78 is 43.9. The molecule has 4 aromatic rings. The maximum atomic E-state index is 17.0. The predicted octanol–water partition coefficient (Wildman–Crippen LogP) is 4.66. The zero-order valence-electron chi connectivity index (χ0n) is 27.0. The van der Waals surface area contributed by atoms with E-state index in [1.165, 1.54) is 16.7 Å². The van der Waals surface area contributed by atoms with Crippen LogP contribution in [-0.4, -0.2) is 99.4 Å². The fourth-order valence-electron chi connectivity index (χ4n) is 7.87. The molecule has 12 heteroatoms. The van der Waals surface area contributed by atoms with Crippen LogP contribution in [0.25, 0.3) is 32.9 Å². The van der Waals surface area contributed by atoms with Crippen molar-refractivity contribution in [2.24, 2.45) is 5.41 Å². The smallest absolute Gasteiger partial charge is 0.00995 e. The van der Waals surface area contributed by atoms with Crippen LogP contribution in [0.15, 0.2) is 30.5 Å². The standard InChI is InChI=1S/C36H39F2N7O2Se/c1-3-25-28(37)5-4-22-14-23(39)15-26(29(22)25)31-30(38)32-27(16-40-31)33(45-17-24-6-7-36(19-45,43-24)21-46-2)42-34(41-32)47-20-35(8-9-35)18-44-10-12-48-13-11-44/h1,4-5,14-16,24,43H,6-13,17-21,39H2,2H3. The van der Waals surface area contributed by atoms with Crippen LogP contribution < -0.4 is 20.7 Å². The van der Waals surface area contributed by atoms with E-state index in [2.05, 4.69) is 26.0 Å². The Balaban J connectivity index is 1.23. The first-order valence-corrected chi connectivity index (χ1v) is 19.0. The van der Waals surface area contributed by atoms with Gasteiger partial charge in [0.1, 0.15) is 5.82 Å². The minimum absolute atomic E-state index is 0.0147. The molecule has 3 N–H and O–H groups in total. The number of nitrogen functional groups attached to an aromatic ring is 1. The van der Waals surface area contributed by atoms with Gasteiger partial charge in [0.2, 0.25) is 0 Å². The van der Waals surface area contributed by atoms with E-state index in [9.17, 15) is 4.39 Å². The first-order chi connectivity index (χ1) is 23.3. The number of halogens is 2. The second-order valence-electron chi connectivity index (χ2n) is 13.9. The number of methoxy groups -OCH3 is 1. The van der Waals surface area contributed by atoms with Crippen LogP contribution >= 0.6 is 0 Å². The molecule has 3 aliphatic heterocycles. The number of fused-ring (bicyclic) bond motifs is 4. The van der Waals surface area contributed by atoms with Crippen LogP contribution in [0.4, 0.5) is 20.3 Å². The third kappa shape index (κ3) is 5.76. The monoisotopic (exact) mass is 719 g/mol. The van der Waals surface area contributed by atoms with Gasteiger partial charge in [-0.05, 0) is 36.4 Å². The third-order valence-electron chi connectivity index (χ3n) is 10.4. The molecule has 9 nitrogen and oxygen atoms in total. The summed E-state index contributed by atoms with van der Waals surface area (Å²) >= 11 is 0.760. The molecular formula is C36H39F2N7O2Se. The quantitative estimate of drug-likeness (QED) is 0.146. The van der Waals surface area contributed by atoms with E-state index in [4.69, 9.17) is 31.6 Å². The molecule has 250 valence electrons. The molecule has 3 saturated heterocycles. The molecule has 0 spiro atoms. The minimum atomic E-state index is -0.666. The van der Waals surface area contributed by atoms with Crippen molar-refractivity contribution in [2.45, 2.75) is 47.9 Å². The second kappa shape index (κ2) is 12.4. The Bertz CT molecular complexity index is 1940. The van der Waals surface area contributed by atoms with E-state index in [0.29, 0.717) is 59.5 Å². The van der Waals surface area contributed by atoms with Crippen LogP contribution in [0.1, 0.15) is 31.2 Å². The summed E-state index contributed by atoms with van der Waals surface area (Å²) in [5.41, 5.74) is 6.88. The molecule has 2 bridgehead atoms. The fourth-order valence-corrected chi connectivity index (χ4v) is 9.92. The number of anilines is 2. The second-order valence-corrected chi connectivity index (χ2v) is 16.5. The average molecular weight is 719 g/mol. The van der Waals surface area contributed by atoms with Gasteiger partial charge >= 0.3 is 153 Å². The molecular weight excluding hydrogens is 679 g/mol. The summed E-state index contributed by atoms with van der Waals surface area (Å²) in [6.45, 7) is 5.67. The molecule has 0 radical (unpaired) electrons. The Morgan fingerprint density at radius 2 is 1.98 bits per heavy atom. The van der Waals surface area contributed by atoms with Crippen molar-refractivity contribution >= 4 is 48.1 Å². The fraction of sp³-hybridized carbons (Fsp3) is 0.472. The Morgan fingerprint density at radius 3 is 2.75 bits per heavy atom. The number of terminal acetylenes is 1. The summed E-state index contributed by atoms with van der Waals surface area (Å²) in [5.74, 6) is 1.78. The van der Waals surface area contributed by atoms with Gasteiger partial charge in [-0.1, -0.05) is 12.0 Å². The van der Waals surface area contributed by atoms with Crippen LogP contribution in [0.3, 0.4) is 0 Å². The number of nitrogens with zero attached hydrogens (tertiary/aromatic N) is 5. The molecule has 2 aromatic heterocycles. The van der Waals surface area contributed by atoms with E-state index in [-0.39, 0.29) is 39.8 Å². The molecule has 2 atom stereocenters. The number of aromatic nitrogens is 3. The first-order valence-electron chi connectivity index (χ1n) is 16.6. The van der Waals surface area contributed by atoms with Crippen LogP contribution in [0.2, 0.25) is 10.6 Å². The number of ether oxygens (including phenoxy) is 2. The topological polar surface area (TPSA) is 102 Å². The van der Waals surface area contributed by atoms with E-state index in [1.807, 2.05) is 0 Å². The van der Waals surface area contributed by atoms with Crippen molar-refractivity contribution in [3.63, 3.8) is 0 Å². The van der Waals surface area contributed by atoms with Crippen molar-refractivity contribution < 1.29 is 18.3 Å². The van der Waals surface area contributed by atoms with Crippen molar-refractivity contribution in [2.75, 3.05) is 63.7 Å². The number of pyridine rings is 1. The van der Waals surface area contributed by atoms with Gasteiger partial charge < -0.3 is 15.8 Å². The van der Waals surface area contributed by atoms with Crippen molar-refractivity contribution in [1.29, 1.82) is 0 Å². The normalized spacial score (nSPS) is 23.5. The molecule has 5 heterocycles. The molecule has 1 aliphatic carbocycles. The van der Waals surface area contributed by atoms with Gasteiger partial charge in [-0.25, -0.2) is 4.39 Å². The number of rotatable bonds is 9. The van der Waals surface area contributed by atoms with Crippen molar-refractivity contribution in [3.05, 3.63) is 47.7 Å². The van der Waals surface area contributed by atoms with Crippen molar-refractivity contribution in [3.8, 4) is 29.6 Å². The van der Waals surface area contributed by atoms with E-state index in [1.54, 1.807) is 31.5 Å². The Morgan fingerprint density at radius 1 is 1.15 bits per heavy atom. The molecule has 4 fully saturated rings. The number of hydrogen-bond donors (Lipinski definition) is 2. The van der Waals surface area contributed by atoms with Gasteiger partial charge in [0.05, 0.1) is 17.7 Å².